The molecular formula is C17H27NO2. The highest BCUT2D eigenvalue weighted by Crippen LogP contribution is 2.37. The van der Waals surface area contributed by atoms with Gasteiger partial charge in [0, 0.05) is 13.6 Å². The Morgan fingerprint density at radius 1 is 1.35 bits per heavy atom. The van der Waals surface area contributed by atoms with E-state index in [-0.39, 0.29) is 11.0 Å². The van der Waals surface area contributed by atoms with Gasteiger partial charge in [-0.1, -0.05) is 31.9 Å². The molecular weight excluding hydrogens is 250 g/mol. The summed E-state index contributed by atoms with van der Waals surface area (Å²) in [7, 11) is 0. The van der Waals surface area contributed by atoms with Gasteiger partial charge in [-0.25, -0.2) is 0 Å². The maximum absolute atomic E-state index is 10.5. The summed E-state index contributed by atoms with van der Waals surface area (Å²) in [6.07, 6.45) is 4.66. The molecule has 1 aliphatic rings. The van der Waals surface area contributed by atoms with Gasteiger partial charge in [0.15, 0.2) is 0 Å². The summed E-state index contributed by atoms with van der Waals surface area (Å²) in [5.74, 6) is 0.598. The average Bonchev–Trinajstić information content (AvgIpc) is 2.97. The Bertz CT molecular complexity index is 591. The van der Waals surface area contributed by atoms with Crippen LogP contribution in [0.2, 0.25) is 0 Å². The summed E-state index contributed by atoms with van der Waals surface area (Å²) in [5, 5.41) is 10.5. The van der Waals surface area contributed by atoms with Crippen molar-refractivity contribution < 1.29 is 18.1 Å². The molecule has 0 aliphatic heterocycles. The third-order valence-corrected chi connectivity index (χ3v) is 4.09. The molecule has 0 heterocycles. The third-order valence-electron chi connectivity index (χ3n) is 4.09. The number of rotatable bonds is 5. The van der Waals surface area contributed by atoms with Gasteiger partial charge < -0.3 is 15.6 Å². The second kappa shape index (κ2) is 5.74. The van der Waals surface area contributed by atoms with Crippen molar-refractivity contribution in [2.45, 2.75) is 58.0 Å². The number of aliphatic hydroxyl groups is 1. The highest BCUT2D eigenvalue weighted by molar-refractivity contribution is 5.30. The minimum Gasteiger partial charge on any atom is -0.493 e. The molecule has 1 saturated carbocycles. The first-order valence-electron chi connectivity index (χ1n) is 10.0. The van der Waals surface area contributed by atoms with Crippen molar-refractivity contribution in [2.24, 2.45) is 11.1 Å². The van der Waals surface area contributed by atoms with E-state index < -0.39 is 25.3 Å². The molecule has 0 amide bonds. The van der Waals surface area contributed by atoms with Crippen LogP contribution in [-0.4, -0.2) is 17.3 Å². The minimum absolute atomic E-state index is 0.165. The average molecular weight is 283 g/mol. The molecule has 0 saturated heterocycles. The lowest BCUT2D eigenvalue weighted by atomic mass is 9.90. The van der Waals surface area contributed by atoms with Crippen molar-refractivity contribution in [3.8, 4) is 5.75 Å². The molecule has 1 aromatic rings. The van der Waals surface area contributed by atoms with E-state index in [1.807, 2.05) is 0 Å². The SMILES string of the molecule is [2H]C([2H])([2H])C(O)([C@H](N)c1ccc(OCC2(C)CCCC2)cc1)C([2H])([2H])[2H]. The fourth-order valence-corrected chi connectivity index (χ4v) is 2.64. The molecule has 0 unspecified atom stereocenters. The molecule has 0 radical (unpaired) electrons. The van der Waals surface area contributed by atoms with E-state index in [0.29, 0.717) is 12.4 Å². The molecule has 20 heavy (non-hydrogen) atoms. The zero-order chi connectivity index (χ0) is 19.8. The monoisotopic (exact) mass is 283 g/mol. The molecule has 3 heteroatoms. The quantitative estimate of drug-likeness (QED) is 0.870. The van der Waals surface area contributed by atoms with E-state index in [1.54, 1.807) is 12.1 Å². The van der Waals surface area contributed by atoms with Crippen molar-refractivity contribution >= 4 is 0 Å². The van der Waals surface area contributed by atoms with E-state index in [0.717, 1.165) is 12.8 Å². The summed E-state index contributed by atoms with van der Waals surface area (Å²) >= 11 is 0. The Labute approximate surface area is 130 Å². The van der Waals surface area contributed by atoms with Crippen LogP contribution in [0.25, 0.3) is 0 Å². The number of hydrogen-bond donors (Lipinski definition) is 2. The second-order valence-electron chi connectivity index (χ2n) is 6.12. The lowest BCUT2D eigenvalue weighted by Gasteiger charge is -2.26. The van der Waals surface area contributed by atoms with Crippen LogP contribution < -0.4 is 10.5 Å². The van der Waals surface area contributed by atoms with Crippen molar-refractivity contribution in [2.75, 3.05) is 6.61 Å². The molecule has 3 N–H and O–H groups in total. The van der Waals surface area contributed by atoms with Crippen LogP contribution in [-0.2, 0) is 0 Å². The van der Waals surface area contributed by atoms with Gasteiger partial charge in [0.2, 0.25) is 0 Å². The minimum atomic E-state index is -3.16. The van der Waals surface area contributed by atoms with E-state index in [2.05, 4.69) is 6.92 Å². The Hall–Kier alpha value is -1.06. The predicted molar refractivity (Wildman–Crippen MR) is 81.7 cm³/mol. The molecule has 112 valence electrons. The highest BCUT2D eigenvalue weighted by Gasteiger charge is 2.29. The van der Waals surface area contributed by atoms with Crippen molar-refractivity contribution in [1.82, 2.24) is 0 Å². The molecule has 1 atom stereocenters. The fraction of sp³-hybridized carbons (Fsp3) is 0.647. The van der Waals surface area contributed by atoms with Gasteiger partial charge in [0.05, 0.1) is 18.2 Å². The molecule has 1 aliphatic carbocycles. The topological polar surface area (TPSA) is 55.5 Å². The zero-order valence-electron chi connectivity index (χ0n) is 17.9. The van der Waals surface area contributed by atoms with Crippen LogP contribution in [0.1, 0.15) is 66.1 Å². The lowest BCUT2D eigenvalue weighted by molar-refractivity contribution is 0.0517. The Kier molecular flexibility index (Phi) is 2.60. The third kappa shape index (κ3) is 3.74. The van der Waals surface area contributed by atoms with Gasteiger partial charge in [-0.05, 0) is 44.2 Å². The molecule has 3 nitrogen and oxygen atoms in total. The number of benzene rings is 1. The van der Waals surface area contributed by atoms with Gasteiger partial charge >= 0.3 is 0 Å². The lowest BCUT2D eigenvalue weighted by Crippen LogP contribution is -2.34. The Morgan fingerprint density at radius 2 is 1.95 bits per heavy atom. The summed E-state index contributed by atoms with van der Waals surface area (Å²) < 4.78 is 50.6. The van der Waals surface area contributed by atoms with E-state index in [9.17, 15) is 5.11 Å². The second-order valence-corrected chi connectivity index (χ2v) is 6.12. The standard InChI is InChI=1S/C17H27NO2/c1-16(2,19)15(18)13-6-8-14(9-7-13)20-12-17(3)10-4-5-11-17/h6-9,15,19H,4-5,10-12,18H2,1-3H3/t15-/m1/s1/i1D3,2D3. The summed E-state index contributed by atoms with van der Waals surface area (Å²) in [6.45, 7) is -3.54. The summed E-state index contributed by atoms with van der Waals surface area (Å²) in [4.78, 5) is 0. The van der Waals surface area contributed by atoms with E-state index >= 15 is 0 Å². The summed E-state index contributed by atoms with van der Waals surface area (Å²) in [5.41, 5.74) is 3.22. The first-order chi connectivity index (χ1) is 11.8. The Balaban J connectivity index is 2.15. The van der Waals surface area contributed by atoms with Gasteiger partial charge in [-0.15, -0.1) is 0 Å². The summed E-state index contributed by atoms with van der Waals surface area (Å²) in [6, 6.07) is 4.64. The number of hydrogen-bond acceptors (Lipinski definition) is 3. The zero-order valence-corrected chi connectivity index (χ0v) is 11.9. The maximum Gasteiger partial charge on any atom is 0.119 e. The van der Waals surface area contributed by atoms with Gasteiger partial charge in [-0.3, -0.25) is 0 Å². The van der Waals surface area contributed by atoms with Gasteiger partial charge in [-0.2, -0.15) is 0 Å². The van der Waals surface area contributed by atoms with Crippen molar-refractivity contribution in [1.29, 1.82) is 0 Å². The predicted octanol–water partition coefficient (Wildman–Crippen LogP) is 3.42. The first-order valence-corrected chi connectivity index (χ1v) is 7.01. The van der Waals surface area contributed by atoms with Crippen LogP contribution in [0.4, 0.5) is 0 Å². The smallest absolute Gasteiger partial charge is 0.119 e. The molecule has 1 fully saturated rings. The van der Waals surface area contributed by atoms with Crippen molar-refractivity contribution in [3.05, 3.63) is 29.8 Å². The number of ether oxygens (including phenoxy) is 1. The van der Waals surface area contributed by atoms with E-state index in [4.69, 9.17) is 18.7 Å². The molecule has 1 aromatic carbocycles. The maximum atomic E-state index is 10.5. The van der Waals surface area contributed by atoms with Gasteiger partial charge in [0.1, 0.15) is 5.75 Å². The van der Waals surface area contributed by atoms with Crippen LogP contribution in [0.3, 0.4) is 0 Å². The van der Waals surface area contributed by atoms with Crippen LogP contribution in [0.5, 0.6) is 5.75 Å². The fourth-order valence-electron chi connectivity index (χ4n) is 2.64. The molecule has 2 rings (SSSR count). The first kappa shape index (κ1) is 9.06. The van der Waals surface area contributed by atoms with E-state index in [1.165, 1.54) is 25.0 Å². The molecule has 0 aromatic heterocycles. The highest BCUT2D eigenvalue weighted by atomic mass is 16.5. The number of nitrogens with two attached hydrogens (primary N) is 1. The molecule has 0 bridgehead atoms. The molecule has 0 spiro atoms. The van der Waals surface area contributed by atoms with Crippen LogP contribution in [0.15, 0.2) is 24.3 Å². The van der Waals surface area contributed by atoms with Crippen LogP contribution >= 0.6 is 0 Å². The van der Waals surface area contributed by atoms with Crippen LogP contribution in [0, 0.1) is 5.41 Å². The van der Waals surface area contributed by atoms with Gasteiger partial charge in [0.25, 0.3) is 0 Å². The normalized spacial score (nSPS) is 25.6. The largest absolute Gasteiger partial charge is 0.493 e. The van der Waals surface area contributed by atoms with Crippen molar-refractivity contribution in [3.63, 3.8) is 0 Å². The Morgan fingerprint density at radius 3 is 2.50 bits per heavy atom.